The number of thiophene rings is 1. The van der Waals surface area contributed by atoms with Crippen LogP contribution in [-0.4, -0.2) is 40.5 Å². The van der Waals surface area contributed by atoms with Gasteiger partial charge in [-0.2, -0.15) is 0 Å². The molecule has 0 fully saturated rings. The number of carboxylic acids is 1. The molecule has 3 amide bonds. The van der Waals surface area contributed by atoms with Crippen molar-refractivity contribution in [2.24, 2.45) is 5.73 Å². The average molecular weight is 297 g/mol. The molecule has 108 valence electrons. The summed E-state index contributed by atoms with van der Waals surface area (Å²) >= 11 is 1.65. The van der Waals surface area contributed by atoms with Gasteiger partial charge in [0, 0.05) is 18.0 Å². The lowest BCUT2D eigenvalue weighted by atomic mass is 10.1. The van der Waals surface area contributed by atoms with E-state index >= 15 is 0 Å². The van der Waals surface area contributed by atoms with Gasteiger partial charge in [-0.25, -0.2) is 9.59 Å². The first-order valence-electron chi connectivity index (χ1n) is 6.09. The Kier molecular flexibility index (Phi) is 4.23. The van der Waals surface area contributed by atoms with Gasteiger partial charge < -0.3 is 21.1 Å². The van der Waals surface area contributed by atoms with Gasteiger partial charge in [-0.05, 0) is 23.4 Å². The van der Waals surface area contributed by atoms with Crippen molar-refractivity contribution in [2.75, 3.05) is 6.54 Å². The van der Waals surface area contributed by atoms with Crippen LogP contribution in [0.4, 0.5) is 4.79 Å². The Hall–Kier alpha value is -2.09. The number of carbonyl (C=O) groups excluding carboxylic acids is 2. The summed E-state index contributed by atoms with van der Waals surface area (Å²) in [4.78, 5) is 36.6. The van der Waals surface area contributed by atoms with Gasteiger partial charge in [0.2, 0.25) is 5.91 Å². The summed E-state index contributed by atoms with van der Waals surface area (Å²) in [5, 5.41) is 13.3. The number of rotatable bonds is 4. The molecular formula is C12H15N3O4S. The first-order valence-corrected chi connectivity index (χ1v) is 6.97. The SMILES string of the molecule is NC(=O)C[C@@H](NC(=O)N1CCc2sccc2C1)C(=O)O. The first kappa shape index (κ1) is 14.3. The number of aliphatic carboxylic acids is 1. The molecule has 1 aromatic heterocycles. The van der Waals surface area contributed by atoms with Crippen LogP contribution in [0.3, 0.4) is 0 Å². The molecule has 0 aliphatic carbocycles. The second-order valence-electron chi connectivity index (χ2n) is 4.55. The summed E-state index contributed by atoms with van der Waals surface area (Å²) in [5.41, 5.74) is 6.05. The number of carbonyl (C=O) groups is 3. The van der Waals surface area contributed by atoms with E-state index in [1.165, 1.54) is 9.78 Å². The maximum absolute atomic E-state index is 12.0. The lowest BCUT2D eigenvalue weighted by molar-refractivity contribution is -0.141. The number of primary amides is 1. The molecule has 0 saturated carbocycles. The minimum absolute atomic E-state index is 0.418. The zero-order valence-corrected chi connectivity index (χ0v) is 11.5. The molecule has 0 aromatic carbocycles. The van der Waals surface area contributed by atoms with Crippen LogP contribution < -0.4 is 11.1 Å². The highest BCUT2D eigenvalue weighted by Gasteiger charge is 2.27. The zero-order chi connectivity index (χ0) is 14.7. The van der Waals surface area contributed by atoms with Crippen molar-refractivity contribution in [3.8, 4) is 0 Å². The molecule has 1 aliphatic heterocycles. The number of hydrogen-bond donors (Lipinski definition) is 3. The third kappa shape index (κ3) is 3.27. The molecule has 4 N–H and O–H groups in total. The molecular weight excluding hydrogens is 282 g/mol. The van der Waals surface area contributed by atoms with Crippen LogP contribution in [0, 0.1) is 0 Å². The minimum atomic E-state index is -1.29. The number of amides is 3. The van der Waals surface area contributed by atoms with E-state index in [4.69, 9.17) is 10.8 Å². The summed E-state index contributed by atoms with van der Waals surface area (Å²) in [6, 6.07) is 0.178. The molecule has 2 heterocycles. The van der Waals surface area contributed by atoms with Crippen molar-refractivity contribution in [3.05, 3.63) is 21.9 Å². The normalized spacial score (nSPS) is 15.3. The molecule has 0 saturated heterocycles. The zero-order valence-electron chi connectivity index (χ0n) is 10.7. The van der Waals surface area contributed by atoms with Gasteiger partial charge in [0.05, 0.1) is 6.42 Å². The molecule has 1 aromatic rings. The molecule has 1 atom stereocenters. The van der Waals surface area contributed by atoms with Gasteiger partial charge in [-0.3, -0.25) is 4.79 Å². The van der Waals surface area contributed by atoms with Crippen LogP contribution in [0.25, 0.3) is 0 Å². The van der Waals surface area contributed by atoms with E-state index in [1.54, 1.807) is 11.3 Å². The van der Waals surface area contributed by atoms with Crippen molar-refractivity contribution in [1.82, 2.24) is 10.2 Å². The van der Waals surface area contributed by atoms with E-state index in [-0.39, 0.29) is 0 Å². The lowest BCUT2D eigenvalue weighted by Gasteiger charge is -2.28. The van der Waals surface area contributed by atoms with E-state index in [0.717, 1.165) is 12.0 Å². The van der Waals surface area contributed by atoms with Crippen LogP contribution in [0.15, 0.2) is 11.4 Å². The predicted octanol–water partition coefficient (Wildman–Crippen LogP) is 0.144. The van der Waals surface area contributed by atoms with Crippen molar-refractivity contribution in [2.45, 2.75) is 25.4 Å². The first-order chi connectivity index (χ1) is 9.47. The summed E-state index contributed by atoms with van der Waals surface area (Å²) in [6.45, 7) is 0.982. The van der Waals surface area contributed by atoms with E-state index in [1.807, 2.05) is 11.4 Å². The van der Waals surface area contributed by atoms with Gasteiger partial charge >= 0.3 is 12.0 Å². The van der Waals surface area contributed by atoms with Crippen LogP contribution >= 0.6 is 11.3 Å². The molecule has 0 spiro atoms. The Labute approximate surface area is 119 Å². The van der Waals surface area contributed by atoms with E-state index in [2.05, 4.69) is 5.32 Å². The van der Waals surface area contributed by atoms with Gasteiger partial charge in [-0.1, -0.05) is 0 Å². The fourth-order valence-electron chi connectivity index (χ4n) is 2.06. The Morgan fingerprint density at radius 2 is 2.25 bits per heavy atom. The fraction of sp³-hybridized carbons (Fsp3) is 0.417. The summed E-state index contributed by atoms with van der Waals surface area (Å²) in [7, 11) is 0. The van der Waals surface area contributed by atoms with Crippen LogP contribution in [0.5, 0.6) is 0 Å². The van der Waals surface area contributed by atoms with E-state index in [0.29, 0.717) is 13.1 Å². The minimum Gasteiger partial charge on any atom is -0.480 e. The lowest BCUT2D eigenvalue weighted by Crippen LogP contribution is -2.50. The molecule has 1 aliphatic rings. The number of hydrogen-bond acceptors (Lipinski definition) is 4. The summed E-state index contributed by atoms with van der Waals surface area (Å²) < 4.78 is 0. The van der Waals surface area contributed by atoms with Crippen molar-refractivity contribution in [1.29, 1.82) is 0 Å². The number of nitrogens with one attached hydrogen (secondary N) is 1. The van der Waals surface area contributed by atoms with Gasteiger partial charge in [-0.15, -0.1) is 11.3 Å². The smallest absolute Gasteiger partial charge is 0.326 e. The molecule has 20 heavy (non-hydrogen) atoms. The largest absolute Gasteiger partial charge is 0.480 e. The highest BCUT2D eigenvalue weighted by atomic mass is 32.1. The molecule has 7 nitrogen and oxygen atoms in total. The topological polar surface area (TPSA) is 113 Å². The van der Waals surface area contributed by atoms with Crippen LogP contribution in [0.2, 0.25) is 0 Å². The molecule has 0 bridgehead atoms. The molecule has 0 radical (unpaired) electrons. The fourth-order valence-corrected chi connectivity index (χ4v) is 2.95. The molecule has 2 rings (SSSR count). The van der Waals surface area contributed by atoms with E-state index in [9.17, 15) is 14.4 Å². The summed E-state index contributed by atoms with van der Waals surface area (Å²) in [5.74, 6) is -2.04. The number of urea groups is 1. The van der Waals surface area contributed by atoms with Gasteiger partial charge in [0.15, 0.2) is 0 Å². The van der Waals surface area contributed by atoms with Crippen molar-refractivity contribution >= 4 is 29.2 Å². The quantitative estimate of drug-likeness (QED) is 0.734. The third-order valence-electron chi connectivity index (χ3n) is 3.10. The number of carboxylic acid groups (broad SMARTS) is 1. The number of fused-ring (bicyclic) bond motifs is 1. The second kappa shape index (κ2) is 5.91. The molecule has 0 unspecified atom stereocenters. The predicted molar refractivity (Wildman–Crippen MR) is 72.2 cm³/mol. The van der Waals surface area contributed by atoms with Crippen LogP contribution in [0.1, 0.15) is 16.9 Å². The second-order valence-corrected chi connectivity index (χ2v) is 5.55. The summed E-state index contributed by atoms with van der Waals surface area (Å²) in [6.07, 6.45) is 0.340. The van der Waals surface area contributed by atoms with Gasteiger partial charge in [0.25, 0.3) is 0 Å². The Balaban J connectivity index is 1.98. The highest BCUT2D eigenvalue weighted by Crippen LogP contribution is 2.23. The van der Waals surface area contributed by atoms with Crippen molar-refractivity contribution < 1.29 is 19.5 Å². The Morgan fingerprint density at radius 1 is 1.50 bits per heavy atom. The third-order valence-corrected chi connectivity index (χ3v) is 4.12. The molecule has 8 heteroatoms. The Morgan fingerprint density at radius 3 is 2.90 bits per heavy atom. The number of nitrogens with zero attached hydrogens (tertiary/aromatic N) is 1. The number of nitrogens with two attached hydrogens (primary N) is 1. The maximum Gasteiger partial charge on any atom is 0.326 e. The average Bonchev–Trinajstić information content (AvgIpc) is 2.84. The standard InChI is InChI=1S/C12H15N3O4S/c13-10(16)5-8(11(17)18)14-12(19)15-3-1-9-7(6-15)2-4-20-9/h2,4,8H,1,3,5-6H2,(H2,13,16)(H,14,19)(H,17,18)/t8-/m1/s1. The van der Waals surface area contributed by atoms with Gasteiger partial charge in [0.1, 0.15) is 6.04 Å². The monoisotopic (exact) mass is 297 g/mol. The Bertz CT molecular complexity index is 543. The van der Waals surface area contributed by atoms with Crippen molar-refractivity contribution in [3.63, 3.8) is 0 Å². The highest BCUT2D eigenvalue weighted by molar-refractivity contribution is 7.10. The van der Waals surface area contributed by atoms with E-state index < -0.39 is 30.4 Å². The van der Waals surface area contributed by atoms with Crippen LogP contribution in [-0.2, 0) is 22.6 Å². The maximum atomic E-state index is 12.0.